The zero-order chi connectivity index (χ0) is 12.1. The Morgan fingerprint density at radius 1 is 1.18 bits per heavy atom. The van der Waals surface area contributed by atoms with E-state index in [1.165, 1.54) is 5.56 Å². The highest BCUT2D eigenvalue weighted by Crippen LogP contribution is 2.35. The van der Waals surface area contributed by atoms with Crippen molar-refractivity contribution in [2.75, 3.05) is 0 Å². The zero-order valence-corrected chi connectivity index (χ0v) is 10.5. The average molecular weight is 245 g/mol. The first-order valence-corrected chi connectivity index (χ1v) is 6.38. The van der Waals surface area contributed by atoms with Crippen LogP contribution in [0.25, 0.3) is 0 Å². The molecule has 0 spiro atoms. The van der Waals surface area contributed by atoms with Gasteiger partial charge in [-0.2, -0.15) is 0 Å². The minimum Gasteiger partial charge on any atom is -0.327 e. The minimum atomic E-state index is 0.0670. The Bertz CT molecular complexity index is 445. The van der Waals surface area contributed by atoms with Crippen molar-refractivity contribution in [3.63, 3.8) is 0 Å². The van der Waals surface area contributed by atoms with Crippen molar-refractivity contribution in [3.8, 4) is 0 Å². The molecule has 88 valence electrons. The van der Waals surface area contributed by atoms with Gasteiger partial charge in [-0.3, -0.25) is 0 Å². The lowest BCUT2D eigenvalue weighted by Crippen LogP contribution is -2.22. The van der Waals surface area contributed by atoms with E-state index < -0.39 is 0 Å². The van der Waals surface area contributed by atoms with Crippen LogP contribution < -0.4 is 5.73 Å². The molecule has 2 atom stereocenters. The maximum absolute atomic E-state index is 6.05. The number of rotatable bonds is 4. The molecule has 0 fully saturated rings. The summed E-state index contributed by atoms with van der Waals surface area (Å²) in [6, 6.07) is 12.2. The number of hydrogen-bond acceptors (Lipinski definition) is 4. The van der Waals surface area contributed by atoms with E-state index in [1.54, 1.807) is 24.3 Å². The van der Waals surface area contributed by atoms with Crippen LogP contribution in [0.2, 0.25) is 0 Å². The lowest BCUT2D eigenvalue weighted by molar-refractivity contribution is 0.720. The first kappa shape index (κ1) is 12.1. The summed E-state index contributed by atoms with van der Waals surface area (Å²) in [5, 5.41) is 1.16. The van der Waals surface area contributed by atoms with Gasteiger partial charge in [0.25, 0.3) is 0 Å². The lowest BCUT2D eigenvalue weighted by Gasteiger charge is -2.20. The smallest absolute Gasteiger partial charge is 0.116 e. The van der Waals surface area contributed by atoms with Crippen molar-refractivity contribution < 1.29 is 0 Å². The van der Waals surface area contributed by atoms with Gasteiger partial charge in [-0.05, 0) is 18.6 Å². The number of hydrogen-bond donors (Lipinski definition) is 1. The molecule has 2 rings (SSSR count). The van der Waals surface area contributed by atoms with Crippen LogP contribution in [0.15, 0.2) is 53.9 Å². The largest absolute Gasteiger partial charge is 0.327 e. The lowest BCUT2D eigenvalue weighted by atomic mass is 10.1. The standard InChI is InChI=1S/C13H15N3S/c1-10(14)13(11-5-3-2-4-6-11)17-12-7-8-15-9-16-12/h2-10,13H,14H2,1H3. The molecule has 1 aromatic heterocycles. The SMILES string of the molecule is CC(N)C(Sc1ccncn1)c1ccccc1. The summed E-state index contributed by atoms with van der Waals surface area (Å²) in [4.78, 5) is 8.14. The first-order valence-electron chi connectivity index (χ1n) is 5.50. The van der Waals surface area contributed by atoms with Crippen molar-refractivity contribution in [1.29, 1.82) is 0 Å². The molecule has 2 unspecified atom stereocenters. The normalized spacial score (nSPS) is 14.2. The van der Waals surface area contributed by atoms with Crippen LogP contribution in [0.4, 0.5) is 0 Å². The summed E-state index contributed by atoms with van der Waals surface area (Å²) in [5.41, 5.74) is 7.28. The summed E-state index contributed by atoms with van der Waals surface area (Å²) in [6.45, 7) is 2.02. The van der Waals surface area contributed by atoms with E-state index in [-0.39, 0.29) is 11.3 Å². The third kappa shape index (κ3) is 3.28. The second-order valence-electron chi connectivity index (χ2n) is 3.86. The summed E-state index contributed by atoms with van der Waals surface area (Å²) in [6.07, 6.45) is 3.31. The van der Waals surface area contributed by atoms with Gasteiger partial charge in [0.2, 0.25) is 0 Å². The number of thioether (sulfide) groups is 1. The van der Waals surface area contributed by atoms with Crippen LogP contribution in [-0.4, -0.2) is 16.0 Å². The Morgan fingerprint density at radius 2 is 1.94 bits per heavy atom. The number of nitrogens with two attached hydrogens (primary N) is 1. The fourth-order valence-corrected chi connectivity index (χ4v) is 2.62. The van der Waals surface area contributed by atoms with Crippen LogP contribution >= 0.6 is 11.8 Å². The molecule has 2 aromatic rings. The quantitative estimate of drug-likeness (QED) is 0.664. The monoisotopic (exact) mass is 245 g/mol. The van der Waals surface area contributed by atoms with E-state index in [4.69, 9.17) is 5.73 Å². The predicted molar refractivity (Wildman–Crippen MR) is 70.7 cm³/mol. The molecule has 0 aliphatic heterocycles. The highest BCUT2D eigenvalue weighted by Gasteiger charge is 2.17. The van der Waals surface area contributed by atoms with E-state index >= 15 is 0 Å². The highest BCUT2D eigenvalue weighted by atomic mass is 32.2. The van der Waals surface area contributed by atoms with E-state index in [0.29, 0.717) is 0 Å². The maximum atomic E-state index is 6.05. The van der Waals surface area contributed by atoms with E-state index in [9.17, 15) is 0 Å². The molecular formula is C13H15N3S. The fraction of sp³-hybridized carbons (Fsp3) is 0.231. The molecule has 0 aliphatic carbocycles. The van der Waals surface area contributed by atoms with E-state index in [1.807, 2.05) is 31.2 Å². The molecule has 0 bridgehead atoms. The number of benzene rings is 1. The Kier molecular flexibility index (Phi) is 4.12. The van der Waals surface area contributed by atoms with Crippen molar-refractivity contribution in [2.24, 2.45) is 5.73 Å². The van der Waals surface area contributed by atoms with E-state index in [0.717, 1.165) is 5.03 Å². The van der Waals surface area contributed by atoms with Crippen molar-refractivity contribution in [3.05, 3.63) is 54.5 Å². The molecule has 3 nitrogen and oxygen atoms in total. The topological polar surface area (TPSA) is 51.8 Å². The van der Waals surface area contributed by atoms with Gasteiger partial charge in [-0.1, -0.05) is 42.1 Å². The summed E-state index contributed by atoms with van der Waals surface area (Å²) >= 11 is 1.67. The molecule has 4 heteroatoms. The molecule has 0 amide bonds. The summed E-state index contributed by atoms with van der Waals surface area (Å²) in [5.74, 6) is 0. The maximum Gasteiger partial charge on any atom is 0.116 e. The van der Waals surface area contributed by atoms with Crippen LogP contribution in [0.5, 0.6) is 0 Å². The van der Waals surface area contributed by atoms with Gasteiger partial charge in [-0.25, -0.2) is 9.97 Å². The van der Waals surface area contributed by atoms with Crippen molar-refractivity contribution in [1.82, 2.24) is 9.97 Å². The van der Waals surface area contributed by atoms with Crippen LogP contribution in [0, 0.1) is 0 Å². The third-order valence-corrected chi connectivity index (χ3v) is 3.85. The van der Waals surface area contributed by atoms with Gasteiger partial charge in [0.05, 0.1) is 10.3 Å². The molecule has 1 aromatic carbocycles. The van der Waals surface area contributed by atoms with Gasteiger partial charge in [0, 0.05) is 12.2 Å². The molecule has 1 heterocycles. The van der Waals surface area contributed by atoms with Gasteiger partial charge < -0.3 is 5.73 Å². The first-order chi connectivity index (χ1) is 8.27. The molecule has 0 radical (unpaired) electrons. The Hall–Kier alpha value is -1.39. The van der Waals surface area contributed by atoms with E-state index in [2.05, 4.69) is 22.1 Å². The fourth-order valence-electron chi connectivity index (χ4n) is 1.60. The number of nitrogens with zero attached hydrogens (tertiary/aromatic N) is 2. The average Bonchev–Trinajstić information content (AvgIpc) is 2.38. The summed E-state index contributed by atoms with van der Waals surface area (Å²) in [7, 11) is 0. The third-order valence-electron chi connectivity index (χ3n) is 2.41. The van der Waals surface area contributed by atoms with Crippen molar-refractivity contribution >= 4 is 11.8 Å². The Balaban J connectivity index is 2.20. The molecule has 0 aliphatic rings. The molecule has 0 saturated carbocycles. The Morgan fingerprint density at radius 3 is 2.53 bits per heavy atom. The zero-order valence-electron chi connectivity index (χ0n) is 9.65. The Labute approximate surface area is 105 Å². The minimum absolute atomic E-state index is 0.0670. The van der Waals surface area contributed by atoms with Crippen LogP contribution in [0.3, 0.4) is 0 Å². The van der Waals surface area contributed by atoms with Gasteiger partial charge in [0.15, 0.2) is 0 Å². The van der Waals surface area contributed by atoms with Gasteiger partial charge in [0.1, 0.15) is 6.33 Å². The summed E-state index contributed by atoms with van der Waals surface area (Å²) < 4.78 is 0. The molecule has 17 heavy (non-hydrogen) atoms. The van der Waals surface area contributed by atoms with Gasteiger partial charge in [-0.15, -0.1) is 0 Å². The second kappa shape index (κ2) is 5.80. The van der Waals surface area contributed by atoms with Gasteiger partial charge >= 0.3 is 0 Å². The molecule has 2 N–H and O–H groups in total. The van der Waals surface area contributed by atoms with Crippen LogP contribution in [0.1, 0.15) is 17.7 Å². The highest BCUT2D eigenvalue weighted by molar-refractivity contribution is 7.99. The second-order valence-corrected chi connectivity index (χ2v) is 5.02. The molecule has 0 saturated heterocycles. The predicted octanol–water partition coefficient (Wildman–Crippen LogP) is 2.66. The van der Waals surface area contributed by atoms with Crippen molar-refractivity contribution in [2.45, 2.75) is 23.2 Å². The van der Waals surface area contributed by atoms with Crippen LogP contribution in [-0.2, 0) is 0 Å². The molecular weight excluding hydrogens is 230 g/mol. The number of aromatic nitrogens is 2.